The number of hydrogen-bond acceptors (Lipinski definition) is 1. The van der Waals surface area contributed by atoms with Crippen LogP contribution in [0, 0.1) is 0 Å². The lowest BCUT2D eigenvalue weighted by Crippen LogP contribution is -1.63. The molecule has 0 atom stereocenters. The second-order valence-electron chi connectivity index (χ2n) is 0.791. The summed E-state index contributed by atoms with van der Waals surface area (Å²) in [6, 6.07) is 0. The van der Waals surface area contributed by atoms with E-state index in [1.54, 1.807) is 13.0 Å². The lowest BCUT2D eigenvalue weighted by molar-refractivity contribution is -0.104. The largest absolute Gasteiger partial charge is 0.297 e. The fraction of sp³-hybridized carbons (Fsp3) is 0.250. The number of allylic oxidation sites excluding steroid dienone is 2. The highest BCUT2D eigenvalue weighted by Crippen LogP contribution is 1.96. The smallest absolute Gasteiger partial charge is 0.156 e. The number of halogens is 1. The SMILES string of the molecule is C/C=C(\Br)C=O. The molecule has 0 radical (unpaired) electrons. The van der Waals surface area contributed by atoms with Crippen molar-refractivity contribution in [3.63, 3.8) is 0 Å². The number of rotatable bonds is 1. The summed E-state index contributed by atoms with van der Waals surface area (Å²) >= 11 is 2.97. The van der Waals surface area contributed by atoms with Crippen molar-refractivity contribution >= 4 is 22.2 Å². The second kappa shape index (κ2) is 3.09. The van der Waals surface area contributed by atoms with Gasteiger partial charge in [-0.15, -0.1) is 0 Å². The number of carbonyl (C=O) groups excluding carboxylic acids is 1. The van der Waals surface area contributed by atoms with Gasteiger partial charge in [0.05, 0.1) is 4.48 Å². The van der Waals surface area contributed by atoms with Gasteiger partial charge >= 0.3 is 0 Å². The normalized spacial score (nSPS) is 11.3. The highest BCUT2D eigenvalue weighted by molar-refractivity contribution is 9.12. The third-order valence-corrected chi connectivity index (χ3v) is 1.03. The van der Waals surface area contributed by atoms with E-state index in [9.17, 15) is 4.79 Å². The molecular formula is C4H5BrO. The summed E-state index contributed by atoms with van der Waals surface area (Å²) in [6.07, 6.45) is 2.44. The molecule has 0 rings (SSSR count). The van der Waals surface area contributed by atoms with Crippen LogP contribution in [0.2, 0.25) is 0 Å². The van der Waals surface area contributed by atoms with Crippen LogP contribution in [0.5, 0.6) is 0 Å². The molecule has 0 amide bonds. The van der Waals surface area contributed by atoms with Crippen LogP contribution in [0.3, 0.4) is 0 Å². The molecule has 0 fully saturated rings. The van der Waals surface area contributed by atoms with Gasteiger partial charge < -0.3 is 0 Å². The van der Waals surface area contributed by atoms with Gasteiger partial charge in [0, 0.05) is 0 Å². The number of carbonyl (C=O) groups is 1. The Hall–Kier alpha value is -0.110. The molecule has 2 heteroatoms. The Morgan fingerprint density at radius 1 is 1.83 bits per heavy atom. The van der Waals surface area contributed by atoms with Gasteiger partial charge in [0.2, 0.25) is 0 Å². The first kappa shape index (κ1) is 5.89. The Morgan fingerprint density at radius 3 is 2.33 bits per heavy atom. The molecule has 6 heavy (non-hydrogen) atoms. The Morgan fingerprint density at radius 2 is 2.33 bits per heavy atom. The molecule has 0 heterocycles. The van der Waals surface area contributed by atoms with Crippen molar-refractivity contribution in [1.29, 1.82) is 0 Å². The molecule has 0 saturated carbocycles. The Kier molecular flexibility index (Phi) is 3.04. The molecule has 1 nitrogen and oxygen atoms in total. The molecule has 34 valence electrons. The van der Waals surface area contributed by atoms with Crippen molar-refractivity contribution in [1.82, 2.24) is 0 Å². The minimum absolute atomic E-state index is 0.600. The minimum Gasteiger partial charge on any atom is -0.297 e. The minimum atomic E-state index is 0.600. The predicted molar refractivity (Wildman–Crippen MR) is 28.7 cm³/mol. The van der Waals surface area contributed by atoms with Gasteiger partial charge in [-0.25, -0.2) is 0 Å². The molecule has 0 bridgehead atoms. The van der Waals surface area contributed by atoms with Gasteiger partial charge in [0.1, 0.15) is 0 Å². The lowest BCUT2D eigenvalue weighted by atomic mass is 10.6. The van der Waals surface area contributed by atoms with Crippen LogP contribution in [0.15, 0.2) is 10.6 Å². The first-order chi connectivity index (χ1) is 2.81. The van der Waals surface area contributed by atoms with Crippen LogP contribution in [0.1, 0.15) is 6.92 Å². The summed E-state index contributed by atoms with van der Waals surface area (Å²) in [4.78, 5) is 9.62. The highest BCUT2D eigenvalue weighted by atomic mass is 79.9. The summed E-state index contributed by atoms with van der Waals surface area (Å²) in [6.45, 7) is 1.79. The topological polar surface area (TPSA) is 17.1 Å². The lowest BCUT2D eigenvalue weighted by Gasteiger charge is -1.70. The highest BCUT2D eigenvalue weighted by Gasteiger charge is 1.75. The van der Waals surface area contributed by atoms with Gasteiger partial charge in [-0.1, -0.05) is 6.08 Å². The standard InChI is InChI=1S/C4H5BrO/c1-2-4(5)3-6/h2-3H,1H3/b4-2-. The summed E-state index contributed by atoms with van der Waals surface area (Å²) < 4.78 is 0.600. The van der Waals surface area contributed by atoms with Crippen molar-refractivity contribution in [2.24, 2.45) is 0 Å². The van der Waals surface area contributed by atoms with E-state index in [4.69, 9.17) is 0 Å². The van der Waals surface area contributed by atoms with E-state index in [0.717, 1.165) is 6.29 Å². The molecule has 0 aromatic carbocycles. The molecule has 0 N–H and O–H groups in total. The fourth-order valence-electron chi connectivity index (χ4n) is 0.0680. The summed E-state index contributed by atoms with van der Waals surface area (Å²) in [7, 11) is 0. The quantitative estimate of drug-likeness (QED) is 0.407. The molecule has 0 aromatic heterocycles. The molecule has 0 aromatic rings. The fourth-order valence-corrected chi connectivity index (χ4v) is 0.0680. The van der Waals surface area contributed by atoms with E-state index in [1.807, 2.05) is 0 Å². The molecule has 0 aliphatic rings. The summed E-state index contributed by atoms with van der Waals surface area (Å²) in [5.74, 6) is 0. The van der Waals surface area contributed by atoms with Crippen molar-refractivity contribution in [3.05, 3.63) is 10.6 Å². The maximum absolute atomic E-state index is 9.62. The summed E-state index contributed by atoms with van der Waals surface area (Å²) in [5, 5.41) is 0. The zero-order valence-electron chi connectivity index (χ0n) is 3.44. The zero-order chi connectivity index (χ0) is 4.99. The average Bonchev–Trinajstić information content (AvgIpc) is 1.65. The first-order valence-electron chi connectivity index (χ1n) is 1.58. The van der Waals surface area contributed by atoms with Crippen molar-refractivity contribution < 1.29 is 4.79 Å². The van der Waals surface area contributed by atoms with Crippen LogP contribution in [-0.2, 0) is 4.79 Å². The Labute approximate surface area is 45.2 Å². The average molecular weight is 149 g/mol. The predicted octanol–water partition coefficient (Wildman–Crippen LogP) is 1.48. The molecule has 0 aliphatic heterocycles. The monoisotopic (exact) mass is 148 g/mol. The van der Waals surface area contributed by atoms with Crippen molar-refractivity contribution in [3.8, 4) is 0 Å². The summed E-state index contributed by atoms with van der Waals surface area (Å²) in [5.41, 5.74) is 0. The Balaban J connectivity index is 3.50. The van der Waals surface area contributed by atoms with E-state index in [1.165, 1.54) is 0 Å². The third kappa shape index (κ3) is 2.15. The molecule has 0 spiro atoms. The van der Waals surface area contributed by atoms with E-state index in [2.05, 4.69) is 15.9 Å². The van der Waals surface area contributed by atoms with E-state index in [0.29, 0.717) is 4.48 Å². The van der Waals surface area contributed by atoms with Gasteiger partial charge in [-0.05, 0) is 22.9 Å². The van der Waals surface area contributed by atoms with E-state index < -0.39 is 0 Å². The molecule has 0 saturated heterocycles. The molecule has 0 unspecified atom stereocenters. The maximum Gasteiger partial charge on any atom is 0.156 e. The number of hydrogen-bond donors (Lipinski definition) is 0. The van der Waals surface area contributed by atoms with E-state index >= 15 is 0 Å². The van der Waals surface area contributed by atoms with Gasteiger partial charge in [-0.2, -0.15) is 0 Å². The van der Waals surface area contributed by atoms with Crippen LogP contribution in [-0.4, -0.2) is 6.29 Å². The van der Waals surface area contributed by atoms with Crippen LogP contribution >= 0.6 is 15.9 Å². The maximum atomic E-state index is 9.62. The molecule has 0 aliphatic carbocycles. The first-order valence-corrected chi connectivity index (χ1v) is 2.37. The van der Waals surface area contributed by atoms with Crippen LogP contribution in [0.25, 0.3) is 0 Å². The van der Waals surface area contributed by atoms with E-state index in [-0.39, 0.29) is 0 Å². The zero-order valence-corrected chi connectivity index (χ0v) is 5.03. The second-order valence-corrected chi connectivity index (χ2v) is 1.71. The van der Waals surface area contributed by atoms with Crippen LogP contribution in [0.4, 0.5) is 0 Å². The Bertz CT molecular complexity index is 75.6. The van der Waals surface area contributed by atoms with Gasteiger partial charge in [0.25, 0.3) is 0 Å². The molecular weight excluding hydrogens is 144 g/mol. The van der Waals surface area contributed by atoms with Gasteiger partial charge in [-0.3, -0.25) is 4.79 Å². The van der Waals surface area contributed by atoms with Crippen LogP contribution < -0.4 is 0 Å². The van der Waals surface area contributed by atoms with Gasteiger partial charge in [0.15, 0.2) is 6.29 Å². The van der Waals surface area contributed by atoms with Crippen molar-refractivity contribution in [2.45, 2.75) is 6.92 Å². The number of aldehydes is 1. The van der Waals surface area contributed by atoms with Crippen molar-refractivity contribution in [2.75, 3.05) is 0 Å². The third-order valence-electron chi connectivity index (χ3n) is 0.388.